The van der Waals surface area contributed by atoms with Crippen molar-refractivity contribution < 1.29 is 0 Å². The molecule has 0 aliphatic carbocycles. The molecule has 9 heteroatoms. The standard InChI is InChI=1S/C18H18ClN7S/c1-11-13(19)3-4-14-15(11)21-18(27-14)25-9-7-24(8-10-25)16-17-23-22-12(2)26(17)6-5-20-16/h3-6H,7-10H2,1-2H3. The van der Waals surface area contributed by atoms with Crippen LogP contribution in [0.3, 0.4) is 0 Å². The van der Waals surface area contributed by atoms with Crippen LogP contribution in [0.2, 0.25) is 5.02 Å². The zero-order valence-electron chi connectivity index (χ0n) is 15.1. The van der Waals surface area contributed by atoms with Crippen LogP contribution in [-0.2, 0) is 0 Å². The molecule has 27 heavy (non-hydrogen) atoms. The molecule has 0 saturated carbocycles. The van der Waals surface area contributed by atoms with Gasteiger partial charge in [-0.05, 0) is 31.5 Å². The second-order valence-corrected chi connectivity index (χ2v) is 8.10. The number of benzene rings is 1. The van der Waals surface area contributed by atoms with Crippen LogP contribution in [-0.4, -0.2) is 50.7 Å². The van der Waals surface area contributed by atoms with Gasteiger partial charge in [0.05, 0.1) is 10.2 Å². The first-order chi connectivity index (χ1) is 13.1. The minimum atomic E-state index is 0.770. The number of piperazine rings is 1. The van der Waals surface area contributed by atoms with Crippen molar-refractivity contribution in [2.75, 3.05) is 36.0 Å². The molecule has 0 amide bonds. The maximum Gasteiger partial charge on any atom is 0.203 e. The number of anilines is 2. The van der Waals surface area contributed by atoms with Crippen molar-refractivity contribution in [2.45, 2.75) is 13.8 Å². The van der Waals surface area contributed by atoms with Crippen molar-refractivity contribution in [3.63, 3.8) is 0 Å². The van der Waals surface area contributed by atoms with Gasteiger partial charge in [0, 0.05) is 43.6 Å². The van der Waals surface area contributed by atoms with E-state index in [2.05, 4.69) is 31.0 Å². The summed E-state index contributed by atoms with van der Waals surface area (Å²) in [5.41, 5.74) is 2.87. The molecular formula is C18H18ClN7S. The molecule has 7 nitrogen and oxygen atoms in total. The van der Waals surface area contributed by atoms with E-state index in [9.17, 15) is 0 Å². The predicted molar refractivity (Wildman–Crippen MR) is 109 cm³/mol. The maximum absolute atomic E-state index is 6.24. The molecule has 1 fully saturated rings. The second-order valence-electron chi connectivity index (χ2n) is 6.68. The topological polar surface area (TPSA) is 62.5 Å². The van der Waals surface area contributed by atoms with Gasteiger partial charge in [0.2, 0.25) is 5.65 Å². The molecule has 5 rings (SSSR count). The van der Waals surface area contributed by atoms with E-state index in [4.69, 9.17) is 16.6 Å². The highest BCUT2D eigenvalue weighted by Gasteiger charge is 2.23. The lowest BCUT2D eigenvalue weighted by Crippen LogP contribution is -2.47. The fourth-order valence-electron chi connectivity index (χ4n) is 3.49. The third kappa shape index (κ3) is 2.71. The van der Waals surface area contributed by atoms with Gasteiger partial charge < -0.3 is 9.80 Å². The van der Waals surface area contributed by atoms with Gasteiger partial charge in [-0.15, -0.1) is 10.2 Å². The normalized spacial score (nSPS) is 15.2. The van der Waals surface area contributed by atoms with Gasteiger partial charge in [-0.1, -0.05) is 22.9 Å². The van der Waals surface area contributed by atoms with Crippen molar-refractivity contribution in [3.05, 3.63) is 40.9 Å². The monoisotopic (exact) mass is 399 g/mol. The summed E-state index contributed by atoms with van der Waals surface area (Å²) in [7, 11) is 0. The lowest BCUT2D eigenvalue weighted by atomic mass is 10.2. The summed E-state index contributed by atoms with van der Waals surface area (Å²) < 4.78 is 3.16. The highest BCUT2D eigenvalue weighted by Crippen LogP contribution is 2.34. The first-order valence-electron chi connectivity index (χ1n) is 8.84. The summed E-state index contributed by atoms with van der Waals surface area (Å²) in [4.78, 5) is 14.0. The van der Waals surface area contributed by atoms with Crippen LogP contribution < -0.4 is 9.80 Å². The van der Waals surface area contributed by atoms with E-state index in [0.717, 1.165) is 64.7 Å². The Bertz CT molecular complexity index is 1140. The molecule has 0 spiro atoms. The highest BCUT2D eigenvalue weighted by atomic mass is 35.5. The van der Waals surface area contributed by atoms with Crippen LogP contribution >= 0.6 is 22.9 Å². The van der Waals surface area contributed by atoms with Gasteiger partial charge in [0.1, 0.15) is 5.82 Å². The van der Waals surface area contributed by atoms with E-state index in [1.165, 1.54) is 4.70 Å². The second kappa shape index (κ2) is 6.31. The van der Waals surface area contributed by atoms with Gasteiger partial charge in [-0.3, -0.25) is 4.40 Å². The Kier molecular flexibility index (Phi) is 3.91. The Morgan fingerprint density at radius 1 is 1.04 bits per heavy atom. The summed E-state index contributed by atoms with van der Waals surface area (Å²) in [6, 6.07) is 4.01. The van der Waals surface area contributed by atoms with Crippen molar-refractivity contribution in [2.24, 2.45) is 0 Å². The Morgan fingerprint density at radius 3 is 2.63 bits per heavy atom. The Hall–Kier alpha value is -2.45. The van der Waals surface area contributed by atoms with Crippen molar-refractivity contribution in [3.8, 4) is 0 Å². The first kappa shape index (κ1) is 16.7. The molecule has 1 saturated heterocycles. The van der Waals surface area contributed by atoms with E-state index >= 15 is 0 Å². The molecule has 3 aromatic heterocycles. The van der Waals surface area contributed by atoms with E-state index in [1.54, 1.807) is 11.3 Å². The molecule has 4 heterocycles. The zero-order chi connectivity index (χ0) is 18.5. The molecule has 1 aromatic carbocycles. The molecule has 1 aliphatic rings. The largest absolute Gasteiger partial charge is 0.350 e. The summed E-state index contributed by atoms with van der Waals surface area (Å²) >= 11 is 7.97. The molecule has 4 aromatic rings. The summed E-state index contributed by atoms with van der Waals surface area (Å²) in [5, 5.41) is 10.3. The van der Waals surface area contributed by atoms with Crippen LogP contribution in [0, 0.1) is 13.8 Å². The quantitative estimate of drug-likeness (QED) is 0.515. The summed E-state index contributed by atoms with van der Waals surface area (Å²) in [5.74, 6) is 1.76. The van der Waals surface area contributed by atoms with Gasteiger partial charge in [0.25, 0.3) is 0 Å². The summed E-state index contributed by atoms with van der Waals surface area (Å²) in [6.07, 6.45) is 3.71. The molecule has 0 bridgehead atoms. The van der Waals surface area contributed by atoms with Crippen molar-refractivity contribution in [1.29, 1.82) is 0 Å². The predicted octanol–water partition coefficient (Wildman–Crippen LogP) is 3.33. The Balaban J connectivity index is 1.39. The van der Waals surface area contributed by atoms with Crippen LogP contribution in [0.1, 0.15) is 11.4 Å². The molecule has 0 N–H and O–H groups in total. The van der Waals surface area contributed by atoms with Crippen LogP contribution in [0.4, 0.5) is 10.9 Å². The number of thiazole rings is 1. The zero-order valence-corrected chi connectivity index (χ0v) is 16.6. The molecule has 1 aliphatic heterocycles. The average molecular weight is 400 g/mol. The lowest BCUT2D eigenvalue weighted by Gasteiger charge is -2.35. The van der Waals surface area contributed by atoms with Crippen LogP contribution in [0.25, 0.3) is 15.9 Å². The minimum absolute atomic E-state index is 0.770. The van der Waals surface area contributed by atoms with Gasteiger partial charge >= 0.3 is 0 Å². The van der Waals surface area contributed by atoms with E-state index in [-0.39, 0.29) is 0 Å². The molecule has 0 atom stereocenters. The minimum Gasteiger partial charge on any atom is -0.350 e. The molecule has 0 radical (unpaired) electrons. The number of fused-ring (bicyclic) bond motifs is 2. The molecule has 138 valence electrons. The molecule has 0 unspecified atom stereocenters. The maximum atomic E-state index is 6.24. The fourth-order valence-corrected chi connectivity index (χ4v) is 4.71. The first-order valence-corrected chi connectivity index (χ1v) is 10.0. The van der Waals surface area contributed by atoms with Crippen LogP contribution in [0.15, 0.2) is 24.5 Å². The number of halogens is 1. The summed E-state index contributed by atoms with van der Waals surface area (Å²) in [6.45, 7) is 7.50. The third-order valence-electron chi connectivity index (χ3n) is 5.07. The number of nitrogens with zero attached hydrogens (tertiary/aromatic N) is 7. The Labute approximate surface area is 165 Å². The lowest BCUT2D eigenvalue weighted by molar-refractivity contribution is 0.646. The van der Waals surface area contributed by atoms with Gasteiger partial charge in [-0.25, -0.2) is 9.97 Å². The fraction of sp³-hybridized carbons (Fsp3) is 0.333. The van der Waals surface area contributed by atoms with Gasteiger partial charge in [0.15, 0.2) is 10.9 Å². The number of hydrogen-bond donors (Lipinski definition) is 0. The van der Waals surface area contributed by atoms with E-state index in [0.29, 0.717) is 0 Å². The smallest absolute Gasteiger partial charge is 0.203 e. The van der Waals surface area contributed by atoms with Crippen molar-refractivity contribution in [1.82, 2.24) is 24.6 Å². The number of hydrogen-bond acceptors (Lipinski definition) is 7. The number of aromatic nitrogens is 5. The van der Waals surface area contributed by atoms with Crippen molar-refractivity contribution >= 4 is 49.8 Å². The average Bonchev–Trinajstić information content (AvgIpc) is 3.30. The Morgan fingerprint density at radius 2 is 1.81 bits per heavy atom. The number of rotatable bonds is 2. The van der Waals surface area contributed by atoms with E-state index < -0.39 is 0 Å². The van der Waals surface area contributed by atoms with Gasteiger partial charge in [-0.2, -0.15) is 0 Å². The third-order valence-corrected chi connectivity index (χ3v) is 6.56. The highest BCUT2D eigenvalue weighted by molar-refractivity contribution is 7.22. The van der Waals surface area contributed by atoms with E-state index in [1.807, 2.05) is 36.7 Å². The number of aryl methyl sites for hydroxylation is 2. The molecular weight excluding hydrogens is 382 g/mol. The SMILES string of the molecule is Cc1c(Cl)ccc2sc(N3CCN(c4nccn5c(C)nnc45)CC3)nc12. The van der Waals surface area contributed by atoms with Crippen LogP contribution in [0.5, 0.6) is 0 Å².